The van der Waals surface area contributed by atoms with Crippen LogP contribution in [0.25, 0.3) is 0 Å². The fourth-order valence-corrected chi connectivity index (χ4v) is 1.48. The number of aromatic carboxylic acids is 1. The summed E-state index contributed by atoms with van der Waals surface area (Å²) in [6.07, 6.45) is 0.936. The Morgan fingerprint density at radius 2 is 1.71 bits per heavy atom. The lowest BCUT2D eigenvalue weighted by Crippen LogP contribution is -2.39. The van der Waals surface area contributed by atoms with Gasteiger partial charge in [0.1, 0.15) is 4.75 Å². The molecule has 94 valence electrons. The average Bonchev–Trinajstić information content (AvgIpc) is 2.63. The van der Waals surface area contributed by atoms with Gasteiger partial charge < -0.3 is 9.52 Å². The number of hydrogen-bond acceptors (Lipinski definition) is 5. The van der Waals surface area contributed by atoms with Crippen molar-refractivity contribution in [2.45, 2.75) is 18.6 Å². The molecule has 1 aromatic heterocycles. The first-order valence-corrected chi connectivity index (χ1v) is 6.54. The number of hydrogen-bond donors (Lipinski definition) is 1. The molecule has 1 N–H and O–H groups in total. The van der Waals surface area contributed by atoms with Crippen LogP contribution < -0.4 is 0 Å². The fraction of sp³-hybridized carbons (Fsp3) is 0.400. The highest BCUT2D eigenvalue weighted by Gasteiger charge is 2.40. The molecule has 0 amide bonds. The van der Waals surface area contributed by atoms with Gasteiger partial charge in [0.15, 0.2) is 15.6 Å². The zero-order chi connectivity index (χ0) is 13.4. The number of sulfone groups is 1. The zero-order valence-electron chi connectivity index (χ0n) is 9.55. The molecule has 0 aromatic carbocycles. The Morgan fingerprint density at radius 1 is 1.24 bits per heavy atom. The predicted molar refractivity (Wildman–Crippen MR) is 58.9 cm³/mol. The summed E-state index contributed by atoms with van der Waals surface area (Å²) in [5.74, 6) is -2.77. The number of rotatable bonds is 4. The highest BCUT2D eigenvalue weighted by Crippen LogP contribution is 2.22. The zero-order valence-corrected chi connectivity index (χ0v) is 10.4. The Morgan fingerprint density at radius 3 is 2.06 bits per heavy atom. The summed E-state index contributed by atoms with van der Waals surface area (Å²) >= 11 is 0. The van der Waals surface area contributed by atoms with Gasteiger partial charge in [-0.15, -0.1) is 0 Å². The molecule has 0 spiro atoms. The number of carbonyl (C=O) groups excluding carboxylic acids is 1. The standard InChI is InChI=1S/C10H12O6S/c1-10(2,17(3,14)15)8(11)6-4-5-7(16-6)9(12)13/h4-5H,1-3H3,(H,12,13). The SMILES string of the molecule is CC(C)(C(=O)c1ccc(C(=O)O)o1)S(C)(=O)=O. The van der Waals surface area contributed by atoms with E-state index in [2.05, 4.69) is 0 Å². The van der Waals surface area contributed by atoms with E-state index in [9.17, 15) is 18.0 Å². The van der Waals surface area contributed by atoms with E-state index in [0.29, 0.717) is 0 Å². The Labute approximate surface area is 98.2 Å². The number of Topliss-reactive ketones (excluding diaryl/α,β-unsaturated/α-hetero) is 1. The second-order valence-corrected chi connectivity index (χ2v) is 6.65. The van der Waals surface area contributed by atoms with Crippen molar-refractivity contribution in [3.63, 3.8) is 0 Å². The average molecular weight is 260 g/mol. The molecule has 0 aliphatic rings. The van der Waals surface area contributed by atoms with Gasteiger partial charge in [0.25, 0.3) is 0 Å². The third kappa shape index (κ3) is 2.38. The van der Waals surface area contributed by atoms with Crippen molar-refractivity contribution in [1.82, 2.24) is 0 Å². The molecular formula is C10H12O6S. The molecule has 6 nitrogen and oxygen atoms in total. The molecule has 17 heavy (non-hydrogen) atoms. The van der Waals surface area contributed by atoms with Crippen LogP contribution in [0.3, 0.4) is 0 Å². The number of furan rings is 1. The summed E-state index contributed by atoms with van der Waals surface area (Å²) in [6.45, 7) is 2.49. The monoisotopic (exact) mass is 260 g/mol. The van der Waals surface area contributed by atoms with Crippen LogP contribution in [0, 0.1) is 0 Å². The van der Waals surface area contributed by atoms with Gasteiger partial charge in [0.05, 0.1) is 0 Å². The predicted octanol–water partition coefficient (Wildman–Crippen LogP) is 0.984. The van der Waals surface area contributed by atoms with Crippen molar-refractivity contribution in [3.05, 3.63) is 23.7 Å². The van der Waals surface area contributed by atoms with Crippen LogP contribution in [-0.2, 0) is 9.84 Å². The normalized spacial score (nSPS) is 12.4. The first-order chi connectivity index (χ1) is 7.57. The van der Waals surface area contributed by atoms with E-state index in [-0.39, 0.29) is 5.76 Å². The molecule has 0 saturated carbocycles. The molecule has 0 saturated heterocycles. The van der Waals surface area contributed by atoms with Crippen molar-refractivity contribution in [2.75, 3.05) is 6.26 Å². The van der Waals surface area contributed by atoms with E-state index in [1.807, 2.05) is 0 Å². The molecule has 0 fully saturated rings. The highest BCUT2D eigenvalue weighted by molar-refractivity contribution is 7.92. The van der Waals surface area contributed by atoms with Crippen molar-refractivity contribution < 1.29 is 27.5 Å². The number of carboxylic acid groups (broad SMARTS) is 1. The first-order valence-electron chi connectivity index (χ1n) is 4.65. The Kier molecular flexibility index (Phi) is 3.15. The molecule has 0 bridgehead atoms. The van der Waals surface area contributed by atoms with Crippen LogP contribution in [0.4, 0.5) is 0 Å². The molecule has 0 radical (unpaired) electrons. The second-order valence-electron chi connectivity index (χ2n) is 4.08. The van der Waals surface area contributed by atoms with Crippen molar-refractivity contribution in [1.29, 1.82) is 0 Å². The molecule has 7 heteroatoms. The lowest BCUT2D eigenvalue weighted by Gasteiger charge is -2.19. The van der Waals surface area contributed by atoms with Crippen LogP contribution in [0.2, 0.25) is 0 Å². The molecule has 0 atom stereocenters. The van der Waals surface area contributed by atoms with Gasteiger partial charge >= 0.3 is 5.97 Å². The smallest absolute Gasteiger partial charge is 0.371 e. The summed E-state index contributed by atoms with van der Waals surface area (Å²) in [5, 5.41) is 8.62. The summed E-state index contributed by atoms with van der Waals surface area (Å²) in [5.41, 5.74) is 0. The van der Waals surface area contributed by atoms with Crippen LogP contribution in [-0.4, -0.2) is 36.3 Å². The van der Waals surface area contributed by atoms with Crippen molar-refractivity contribution in [3.8, 4) is 0 Å². The lowest BCUT2D eigenvalue weighted by atomic mass is 10.1. The van der Waals surface area contributed by atoms with E-state index < -0.39 is 32.1 Å². The van der Waals surface area contributed by atoms with Crippen LogP contribution >= 0.6 is 0 Å². The largest absolute Gasteiger partial charge is 0.475 e. The molecule has 1 aromatic rings. The maximum atomic E-state index is 11.9. The van der Waals surface area contributed by atoms with Gasteiger partial charge in [0, 0.05) is 6.26 Å². The van der Waals surface area contributed by atoms with Gasteiger partial charge in [-0.05, 0) is 26.0 Å². The Hall–Kier alpha value is -1.63. The van der Waals surface area contributed by atoms with E-state index in [1.165, 1.54) is 13.8 Å². The Balaban J connectivity index is 3.18. The molecule has 1 rings (SSSR count). The summed E-state index contributed by atoms with van der Waals surface area (Å²) in [4.78, 5) is 22.4. The van der Waals surface area contributed by atoms with Gasteiger partial charge in [-0.3, -0.25) is 4.79 Å². The van der Waals surface area contributed by atoms with E-state index in [4.69, 9.17) is 9.52 Å². The molecule has 0 aliphatic carbocycles. The van der Waals surface area contributed by atoms with Gasteiger partial charge in [0.2, 0.25) is 11.5 Å². The number of carbonyl (C=O) groups is 2. The molecular weight excluding hydrogens is 248 g/mol. The van der Waals surface area contributed by atoms with Crippen molar-refractivity contribution >= 4 is 21.6 Å². The highest BCUT2D eigenvalue weighted by atomic mass is 32.2. The van der Waals surface area contributed by atoms with Gasteiger partial charge in [-0.2, -0.15) is 0 Å². The van der Waals surface area contributed by atoms with Gasteiger partial charge in [-0.25, -0.2) is 13.2 Å². The second kappa shape index (κ2) is 3.99. The lowest BCUT2D eigenvalue weighted by molar-refractivity contribution is 0.0659. The fourth-order valence-electron chi connectivity index (χ4n) is 1.04. The quantitative estimate of drug-likeness (QED) is 0.810. The maximum absolute atomic E-state index is 11.9. The van der Waals surface area contributed by atoms with Crippen LogP contribution in [0.15, 0.2) is 16.5 Å². The van der Waals surface area contributed by atoms with E-state index in [1.54, 1.807) is 0 Å². The Bertz CT molecular complexity index is 563. The minimum absolute atomic E-state index is 0.280. The summed E-state index contributed by atoms with van der Waals surface area (Å²) in [6, 6.07) is 2.26. The van der Waals surface area contributed by atoms with E-state index in [0.717, 1.165) is 18.4 Å². The van der Waals surface area contributed by atoms with E-state index >= 15 is 0 Å². The van der Waals surface area contributed by atoms with Crippen LogP contribution in [0.5, 0.6) is 0 Å². The molecule has 1 heterocycles. The number of carboxylic acids is 1. The van der Waals surface area contributed by atoms with Gasteiger partial charge in [-0.1, -0.05) is 0 Å². The van der Waals surface area contributed by atoms with Crippen molar-refractivity contribution in [2.24, 2.45) is 0 Å². The maximum Gasteiger partial charge on any atom is 0.371 e. The number of ketones is 1. The summed E-state index contributed by atoms with van der Waals surface area (Å²) < 4.78 is 26.0. The minimum Gasteiger partial charge on any atom is -0.475 e. The minimum atomic E-state index is -3.62. The summed E-state index contributed by atoms with van der Waals surface area (Å²) in [7, 11) is -3.62. The third-order valence-electron chi connectivity index (χ3n) is 2.51. The molecule has 0 aliphatic heterocycles. The third-order valence-corrected chi connectivity index (χ3v) is 4.55. The van der Waals surface area contributed by atoms with Crippen LogP contribution in [0.1, 0.15) is 35.0 Å². The topological polar surface area (TPSA) is 102 Å². The molecule has 0 unspecified atom stereocenters. The first kappa shape index (κ1) is 13.4.